The van der Waals surface area contributed by atoms with Gasteiger partial charge in [-0.2, -0.15) is 0 Å². The third-order valence-corrected chi connectivity index (χ3v) is 5.54. The van der Waals surface area contributed by atoms with Crippen LogP contribution in [0, 0.1) is 17.3 Å². The Morgan fingerprint density at radius 1 is 1.31 bits per heavy atom. The summed E-state index contributed by atoms with van der Waals surface area (Å²) in [5, 5.41) is 0. The van der Waals surface area contributed by atoms with E-state index in [4.69, 9.17) is 4.74 Å². The molecule has 0 aliphatic carbocycles. The molecule has 0 aromatic heterocycles. The first kappa shape index (κ1) is 22.7. The van der Waals surface area contributed by atoms with Gasteiger partial charge in [0.05, 0.1) is 6.61 Å². The van der Waals surface area contributed by atoms with Crippen LogP contribution in [0.1, 0.15) is 85.5 Å². The molecular weight excluding hydrogens is 324 g/mol. The van der Waals surface area contributed by atoms with E-state index in [1.165, 1.54) is 5.57 Å². The van der Waals surface area contributed by atoms with Crippen LogP contribution in [0.2, 0.25) is 0 Å². The number of carbonyl (C=O) groups is 2. The van der Waals surface area contributed by atoms with E-state index >= 15 is 0 Å². The normalized spacial score (nSPS) is 26.7. The fraction of sp³-hybridized carbons (Fsp3) is 0.739. The molecule has 0 aromatic carbocycles. The van der Waals surface area contributed by atoms with Crippen LogP contribution >= 0.6 is 0 Å². The van der Waals surface area contributed by atoms with Gasteiger partial charge < -0.3 is 4.74 Å². The third-order valence-electron chi connectivity index (χ3n) is 5.54. The van der Waals surface area contributed by atoms with Crippen molar-refractivity contribution in [3.8, 4) is 0 Å². The van der Waals surface area contributed by atoms with E-state index in [0.717, 1.165) is 44.9 Å². The topological polar surface area (TPSA) is 43.4 Å². The molecule has 1 heterocycles. The summed E-state index contributed by atoms with van der Waals surface area (Å²) in [7, 11) is 0. The largest absolute Gasteiger partial charge is 0.465 e. The van der Waals surface area contributed by atoms with Gasteiger partial charge in [-0.15, -0.1) is 6.58 Å². The van der Waals surface area contributed by atoms with Crippen molar-refractivity contribution in [3.05, 3.63) is 24.3 Å². The Labute approximate surface area is 160 Å². The van der Waals surface area contributed by atoms with Crippen molar-refractivity contribution in [1.29, 1.82) is 0 Å². The van der Waals surface area contributed by atoms with Gasteiger partial charge in [-0.3, -0.25) is 9.59 Å². The average Bonchev–Trinajstić information content (AvgIpc) is 2.59. The summed E-state index contributed by atoms with van der Waals surface area (Å²) >= 11 is 0. The van der Waals surface area contributed by atoms with Gasteiger partial charge in [0, 0.05) is 17.8 Å². The SMILES string of the molecule is C=CCCC1CC(C)CCCC(C)=CCCOC(=O)CCC(C)(C)C1=O. The van der Waals surface area contributed by atoms with E-state index in [9.17, 15) is 9.59 Å². The lowest BCUT2D eigenvalue weighted by Crippen LogP contribution is -2.33. The van der Waals surface area contributed by atoms with E-state index < -0.39 is 5.41 Å². The minimum atomic E-state index is -0.488. The maximum atomic E-state index is 13.2. The van der Waals surface area contributed by atoms with Crippen LogP contribution in [0.3, 0.4) is 0 Å². The molecule has 2 unspecified atom stereocenters. The minimum absolute atomic E-state index is 0.0542. The average molecular weight is 363 g/mol. The van der Waals surface area contributed by atoms with Gasteiger partial charge in [0.1, 0.15) is 5.78 Å². The molecular formula is C23H38O3. The minimum Gasteiger partial charge on any atom is -0.465 e. The highest BCUT2D eigenvalue weighted by atomic mass is 16.5. The van der Waals surface area contributed by atoms with Crippen LogP contribution in [0.4, 0.5) is 0 Å². The first-order valence-electron chi connectivity index (χ1n) is 10.2. The number of rotatable bonds is 3. The van der Waals surface area contributed by atoms with Crippen molar-refractivity contribution >= 4 is 11.8 Å². The summed E-state index contributed by atoms with van der Waals surface area (Å²) in [6.07, 6.45) is 11.8. The number of carbonyl (C=O) groups excluding carboxylic acids is 2. The number of Topliss-reactive ketones (excluding diaryl/α,β-unsaturated/α-hetero) is 1. The van der Waals surface area contributed by atoms with Crippen molar-refractivity contribution in [2.75, 3.05) is 6.61 Å². The third kappa shape index (κ3) is 8.33. The molecule has 1 aliphatic heterocycles. The first-order valence-corrected chi connectivity index (χ1v) is 10.2. The molecule has 0 spiro atoms. The fourth-order valence-corrected chi connectivity index (χ4v) is 3.75. The molecule has 0 saturated heterocycles. The molecule has 0 amide bonds. The van der Waals surface area contributed by atoms with E-state index in [1.54, 1.807) is 0 Å². The Morgan fingerprint density at radius 2 is 2.04 bits per heavy atom. The van der Waals surface area contributed by atoms with Gasteiger partial charge in [0.15, 0.2) is 0 Å². The van der Waals surface area contributed by atoms with Crippen LogP contribution < -0.4 is 0 Å². The highest BCUT2D eigenvalue weighted by Crippen LogP contribution is 2.33. The zero-order chi connectivity index (χ0) is 19.6. The molecule has 1 aliphatic rings. The summed E-state index contributed by atoms with van der Waals surface area (Å²) in [6.45, 7) is 12.6. The highest BCUT2D eigenvalue weighted by Gasteiger charge is 2.34. The van der Waals surface area contributed by atoms with Gasteiger partial charge in [-0.05, 0) is 57.8 Å². The van der Waals surface area contributed by atoms with Gasteiger partial charge in [-0.1, -0.05) is 44.9 Å². The van der Waals surface area contributed by atoms with Crippen LogP contribution in [-0.4, -0.2) is 18.4 Å². The molecule has 0 radical (unpaired) electrons. The predicted octanol–water partition coefficient (Wildman–Crippen LogP) is 6.03. The van der Waals surface area contributed by atoms with Crippen molar-refractivity contribution in [2.45, 2.75) is 85.5 Å². The molecule has 0 saturated carbocycles. The Morgan fingerprint density at radius 3 is 2.73 bits per heavy atom. The highest BCUT2D eigenvalue weighted by molar-refractivity contribution is 5.86. The second kappa shape index (κ2) is 11.4. The number of esters is 1. The molecule has 0 bridgehead atoms. The lowest BCUT2D eigenvalue weighted by molar-refractivity contribution is -0.144. The molecule has 0 fully saturated rings. The van der Waals surface area contributed by atoms with Crippen molar-refractivity contribution in [1.82, 2.24) is 0 Å². The van der Waals surface area contributed by atoms with E-state index in [1.807, 2.05) is 19.9 Å². The second-order valence-electron chi connectivity index (χ2n) is 8.60. The van der Waals surface area contributed by atoms with E-state index in [0.29, 0.717) is 31.1 Å². The lowest BCUT2D eigenvalue weighted by atomic mass is 9.73. The number of allylic oxidation sites excluding steroid dienone is 2. The van der Waals surface area contributed by atoms with Crippen LogP contribution in [0.25, 0.3) is 0 Å². The summed E-state index contributed by atoms with van der Waals surface area (Å²) < 4.78 is 5.32. The van der Waals surface area contributed by atoms with Gasteiger partial charge in [0.25, 0.3) is 0 Å². The van der Waals surface area contributed by atoms with Crippen molar-refractivity contribution < 1.29 is 14.3 Å². The second-order valence-corrected chi connectivity index (χ2v) is 8.60. The van der Waals surface area contributed by atoms with Gasteiger partial charge >= 0.3 is 5.97 Å². The first-order chi connectivity index (χ1) is 12.3. The fourth-order valence-electron chi connectivity index (χ4n) is 3.75. The summed E-state index contributed by atoms with van der Waals surface area (Å²) in [6, 6.07) is 0. The zero-order valence-corrected chi connectivity index (χ0v) is 17.3. The summed E-state index contributed by atoms with van der Waals surface area (Å²) in [5.41, 5.74) is 0.874. The van der Waals surface area contributed by atoms with E-state index in [-0.39, 0.29) is 11.9 Å². The monoisotopic (exact) mass is 362 g/mol. The van der Waals surface area contributed by atoms with Gasteiger partial charge in [0.2, 0.25) is 0 Å². The number of hydrogen-bond donors (Lipinski definition) is 0. The quantitative estimate of drug-likeness (QED) is 0.454. The molecule has 3 heteroatoms. The van der Waals surface area contributed by atoms with Crippen LogP contribution in [-0.2, 0) is 14.3 Å². The molecule has 26 heavy (non-hydrogen) atoms. The molecule has 2 atom stereocenters. The molecule has 148 valence electrons. The van der Waals surface area contributed by atoms with Crippen molar-refractivity contribution in [2.24, 2.45) is 17.3 Å². The van der Waals surface area contributed by atoms with Gasteiger partial charge in [-0.25, -0.2) is 0 Å². The number of ketones is 1. The summed E-state index contributed by atoms with van der Waals surface area (Å²) in [5.74, 6) is 0.691. The maximum Gasteiger partial charge on any atom is 0.305 e. The zero-order valence-electron chi connectivity index (χ0n) is 17.3. The molecule has 0 aromatic rings. The van der Waals surface area contributed by atoms with E-state index in [2.05, 4.69) is 26.5 Å². The molecule has 3 nitrogen and oxygen atoms in total. The molecule has 1 rings (SSSR count). The number of hydrogen-bond acceptors (Lipinski definition) is 3. The van der Waals surface area contributed by atoms with Crippen molar-refractivity contribution in [3.63, 3.8) is 0 Å². The smallest absolute Gasteiger partial charge is 0.305 e. The Bertz CT molecular complexity index is 502. The maximum absolute atomic E-state index is 13.2. The standard InChI is InChI=1S/C23H38O3/c1-6-7-13-20-17-19(3)11-8-10-18(2)12-9-16-26-21(24)14-15-23(4,5)22(20)25/h6,12,19-20H,1,7-11,13-17H2,2-5H3. The number of ether oxygens (including phenoxy) is 1. The Hall–Kier alpha value is -1.38. The Kier molecular flexibility index (Phi) is 9.90. The summed E-state index contributed by atoms with van der Waals surface area (Å²) in [4.78, 5) is 25.2. The number of cyclic esters (lactones) is 1. The molecule has 0 N–H and O–H groups in total. The lowest BCUT2D eigenvalue weighted by Gasteiger charge is -2.29. The van der Waals surface area contributed by atoms with Crippen LogP contribution in [0.15, 0.2) is 24.3 Å². The predicted molar refractivity (Wildman–Crippen MR) is 108 cm³/mol. The van der Waals surface area contributed by atoms with Crippen LogP contribution in [0.5, 0.6) is 0 Å². The Balaban J connectivity index is 2.89.